The first-order valence-corrected chi connectivity index (χ1v) is 9.53. The molecule has 1 N–H and O–H groups in total. The first-order valence-electron chi connectivity index (χ1n) is 7.95. The van der Waals surface area contributed by atoms with Gasteiger partial charge in [-0.3, -0.25) is 4.79 Å². The number of halogens is 2. The topological polar surface area (TPSA) is 59.9 Å². The molecule has 140 valence electrons. The van der Waals surface area contributed by atoms with Crippen molar-refractivity contribution in [3.05, 3.63) is 81.8 Å². The fourth-order valence-electron chi connectivity index (χ4n) is 2.08. The summed E-state index contributed by atoms with van der Waals surface area (Å²) in [6.07, 6.45) is 4.78. The maximum absolute atomic E-state index is 12.5. The van der Waals surface area contributed by atoms with Crippen LogP contribution < -0.4 is 14.9 Å². The third-order valence-electron chi connectivity index (χ3n) is 3.24. The van der Waals surface area contributed by atoms with Crippen LogP contribution in [0.5, 0.6) is 11.5 Å². The summed E-state index contributed by atoms with van der Waals surface area (Å²) < 4.78 is 12.7. The number of nitrogens with zero attached hydrogens (tertiary/aromatic N) is 1. The molecule has 2 rings (SSSR count). The molecule has 0 aliphatic carbocycles. The fraction of sp³-hybridized carbons (Fsp3) is 0.100. The zero-order valence-electron chi connectivity index (χ0n) is 14.5. The number of carbonyl (C=O) groups is 1. The molecule has 0 atom stereocenters. The lowest BCUT2D eigenvalue weighted by molar-refractivity contribution is 0.0951. The van der Waals surface area contributed by atoms with Crippen molar-refractivity contribution in [2.45, 2.75) is 0 Å². The summed E-state index contributed by atoms with van der Waals surface area (Å²) in [4.78, 5) is 12.5. The number of carbonyl (C=O) groups excluding carboxylic acids is 1. The Kier molecular flexibility index (Phi) is 8.29. The van der Waals surface area contributed by atoms with Crippen LogP contribution in [-0.2, 0) is 0 Å². The van der Waals surface area contributed by atoms with Crippen molar-refractivity contribution in [3.8, 4) is 11.5 Å². The Bertz CT molecular complexity index is 866. The van der Waals surface area contributed by atoms with Crippen molar-refractivity contribution in [2.75, 3.05) is 13.2 Å². The summed E-state index contributed by atoms with van der Waals surface area (Å²) in [5.74, 6) is 0.687. The second kappa shape index (κ2) is 10.7. The monoisotopic (exact) mass is 492 g/mol. The van der Waals surface area contributed by atoms with Gasteiger partial charge in [0, 0.05) is 14.5 Å². The predicted octanol–water partition coefficient (Wildman–Crippen LogP) is 5.11. The third-order valence-corrected chi connectivity index (χ3v) is 4.23. The van der Waals surface area contributed by atoms with Crippen LogP contribution in [0.4, 0.5) is 0 Å². The molecule has 0 fully saturated rings. The van der Waals surface area contributed by atoms with E-state index in [-0.39, 0.29) is 0 Å². The third kappa shape index (κ3) is 6.37. The average Bonchev–Trinajstić information content (AvgIpc) is 2.66. The van der Waals surface area contributed by atoms with E-state index in [1.54, 1.807) is 30.4 Å². The Morgan fingerprint density at radius 1 is 1.00 bits per heavy atom. The van der Waals surface area contributed by atoms with E-state index in [9.17, 15) is 4.79 Å². The molecule has 0 unspecified atom stereocenters. The summed E-state index contributed by atoms with van der Waals surface area (Å²) >= 11 is 6.76. The molecule has 0 aliphatic rings. The Morgan fingerprint density at radius 2 is 1.59 bits per heavy atom. The van der Waals surface area contributed by atoms with Gasteiger partial charge in [-0.1, -0.05) is 57.2 Å². The van der Waals surface area contributed by atoms with Crippen molar-refractivity contribution < 1.29 is 14.3 Å². The van der Waals surface area contributed by atoms with Crippen LogP contribution in [-0.4, -0.2) is 25.3 Å². The molecule has 2 aromatic carbocycles. The summed E-state index contributed by atoms with van der Waals surface area (Å²) in [7, 11) is 0. The van der Waals surface area contributed by atoms with Gasteiger partial charge in [0.2, 0.25) is 0 Å². The highest BCUT2D eigenvalue weighted by Gasteiger charge is 2.13. The molecule has 0 aromatic heterocycles. The van der Waals surface area contributed by atoms with Crippen LogP contribution in [0.2, 0.25) is 0 Å². The van der Waals surface area contributed by atoms with Crippen molar-refractivity contribution in [1.82, 2.24) is 5.43 Å². The average molecular weight is 494 g/mol. The van der Waals surface area contributed by atoms with E-state index in [1.165, 1.54) is 6.21 Å². The SMILES string of the molecule is C=CCOc1ccc(Br)cc1/C=N\NC(=O)c1cc(Br)ccc1OCC=C. The molecule has 0 spiro atoms. The maximum atomic E-state index is 12.5. The Labute approximate surface area is 175 Å². The molecule has 0 bridgehead atoms. The van der Waals surface area contributed by atoms with Crippen LogP contribution in [0.15, 0.2) is 75.8 Å². The Balaban J connectivity index is 2.16. The summed E-state index contributed by atoms with van der Waals surface area (Å²) in [6.45, 7) is 7.91. The molecule has 0 aliphatic heterocycles. The highest BCUT2D eigenvalue weighted by Crippen LogP contribution is 2.24. The van der Waals surface area contributed by atoms with Crippen molar-refractivity contribution in [3.63, 3.8) is 0 Å². The van der Waals surface area contributed by atoms with Gasteiger partial charge < -0.3 is 9.47 Å². The summed E-state index contributed by atoms with van der Waals surface area (Å²) in [5, 5.41) is 4.04. The number of amides is 1. The standard InChI is InChI=1S/C20H18Br2N2O3/c1-3-9-26-18-7-5-15(21)11-14(18)13-23-24-20(25)17-12-16(22)6-8-19(17)27-10-4-2/h3-8,11-13H,1-2,9-10H2,(H,24,25)/b23-13-. The van der Waals surface area contributed by atoms with Gasteiger partial charge >= 0.3 is 0 Å². The first kappa shape index (κ1) is 20.9. The summed E-state index contributed by atoms with van der Waals surface area (Å²) in [5.41, 5.74) is 3.58. The number of hydrogen-bond acceptors (Lipinski definition) is 4. The number of benzene rings is 2. The number of rotatable bonds is 9. The first-order chi connectivity index (χ1) is 13.0. The molecule has 2 aromatic rings. The fourth-order valence-corrected chi connectivity index (χ4v) is 2.82. The molecule has 1 amide bonds. The van der Waals surface area contributed by atoms with Crippen molar-refractivity contribution >= 4 is 44.0 Å². The minimum atomic E-state index is -0.393. The number of hydrogen-bond donors (Lipinski definition) is 1. The largest absolute Gasteiger partial charge is 0.489 e. The highest BCUT2D eigenvalue weighted by atomic mass is 79.9. The van der Waals surface area contributed by atoms with Gasteiger partial charge in [-0.15, -0.1) is 0 Å². The number of ether oxygens (including phenoxy) is 2. The van der Waals surface area contributed by atoms with E-state index in [1.807, 2.05) is 18.2 Å². The Morgan fingerprint density at radius 3 is 2.26 bits per heavy atom. The van der Waals surface area contributed by atoms with Crippen LogP contribution in [0.1, 0.15) is 15.9 Å². The zero-order valence-corrected chi connectivity index (χ0v) is 17.6. The van der Waals surface area contributed by atoms with E-state index >= 15 is 0 Å². The lowest BCUT2D eigenvalue weighted by Crippen LogP contribution is -2.19. The van der Waals surface area contributed by atoms with Crippen LogP contribution in [0.3, 0.4) is 0 Å². The van der Waals surface area contributed by atoms with E-state index in [4.69, 9.17) is 9.47 Å². The minimum absolute atomic E-state index is 0.299. The van der Waals surface area contributed by atoms with Gasteiger partial charge in [-0.25, -0.2) is 5.43 Å². The van der Waals surface area contributed by atoms with Gasteiger partial charge in [0.15, 0.2) is 0 Å². The number of hydrazone groups is 1. The van der Waals surface area contributed by atoms with Gasteiger partial charge in [-0.2, -0.15) is 5.10 Å². The summed E-state index contributed by atoms with van der Waals surface area (Å²) in [6, 6.07) is 10.7. The number of nitrogens with one attached hydrogen (secondary N) is 1. The van der Waals surface area contributed by atoms with E-state index in [0.29, 0.717) is 35.8 Å². The highest BCUT2D eigenvalue weighted by molar-refractivity contribution is 9.10. The van der Waals surface area contributed by atoms with E-state index in [2.05, 4.69) is 55.5 Å². The Hall–Kier alpha value is -2.38. The smallest absolute Gasteiger partial charge is 0.275 e. The van der Waals surface area contributed by atoms with E-state index < -0.39 is 5.91 Å². The van der Waals surface area contributed by atoms with Crippen molar-refractivity contribution in [1.29, 1.82) is 0 Å². The molecule has 0 heterocycles. The lowest BCUT2D eigenvalue weighted by atomic mass is 10.2. The second-order valence-electron chi connectivity index (χ2n) is 5.22. The van der Waals surface area contributed by atoms with Crippen LogP contribution in [0.25, 0.3) is 0 Å². The van der Waals surface area contributed by atoms with Gasteiger partial charge in [0.25, 0.3) is 5.91 Å². The molecular formula is C20H18Br2N2O3. The van der Waals surface area contributed by atoms with Crippen molar-refractivity contribution in [2.24, 2.45) is 5.10 Å². The molecule has 27 heavy (non-hydrogen) atoms. The maximum Gasteiger partial charge on any atom is 0.275 e. The lowest BCUT2D eigenvalue weighted by Gasteiger charge is -2.10. The molecule has 7 heteroatoms. The second-order valence-corrected chi connectivity index (χ2v) is 7.05. The molecular weight excluding hydrogens is 476 g/mol. The quantitative estimate of drug-likeness (QED) is 0.300. The zero-order chi connectivity index (χ0) is 19.6. The molecule has 5 nitrogen and oxygen atoms in total. The van der Waals surface area contributed by atoms with Crippen LogP contribution in [0, 0.1) is 0 Å². The van der Waals surface area contributed by atoms with Crippen LogP contribution >= 0.6 is 31.9 Å². The van der Waals surface area contributed by atoms with E-state index in [0.717, 1.165) is 8.95 Å². The van der Waals surface area contributed by atoms with Gasteiger partial charge in [0.05, 0.1) is 11.8 Å². The normalized spacial score (nSPS) is 10.4. The van der Waals surface area contributed by atoms with Gasteiger partial charge in [-0.05, 0) is 36.4 Å². The molecule has 0 saturated heterocycles. The minimum Gasteiger partial charge on any atom is -0.489 e. The molecule has 0 saturated carbocycles. The van der Waals surface area contributed by atoms with Gasteiger partial charge in [0.1, 0.15) is 24.7 Å². The molecule has 0 radical (unpaired) electrons. The predicted molar refractivity (Wildman–Crippen MR) is 115 cm³/mol.